The first-order chi connectivity index (χ1) is 5.08. The Hall–Kier alpha value is -0.640. The second kappa shape index (κ2) is 1.94. The summed E-state index contributed by atoms with van der Waals surface area (Å²) in [4.78, 5) is 0.588. The summed E-state index contributed by atoms with van der Waals surface area (Å²) >= 11 is 1.29. The fourth-order valence-corrected chi connectivity index (χ4v) is 2.14. The summed E-state index contributed by atoms with van der Waals surface area (Å²) < 4.78 is 6.21. The summed E-state index contributed by atoms with van der Waals surface area (Å²) in [7, 11) is 0. The highest BCUT2D eigenvalue weighted by Gasteiger charge is 2.30. The predicted molar refractivity (Wildman–Crippen MR) is 43.4 cm³/mol. The average Bonchev–Trinajstić information content (AvgIpc) is 2.31. The Morgan fingerprint density at radius 1 is 1.64 bits per heavy atom. The van der Waals surface area contributed by atoms with E-state index in [1.165, 1.54) is 11.5 Å². The monoisotopic (exact) mass is 169 g/mol. The fourth-order valence-electron chi connectivity index (χ4n) is 1.51. The van der Waals surface area contributed by atoms with Crippen molar-refractivity contribution in [2.45, 2.75) is 26.8 Å². The van der Waals surface area contributed by atoms with Gasteiger partial charge < -0.3 is 4.57 Å². The molecule has 60 valence electrons. The lowest BCUT2D eigenvalue weighted by Gasteiger charge is -2.13. The third-order valence-electron chi connectivity index (χ3n) is 2.02. The molecule has 0 fully saturated rings. The van der Waals surface area contributed by atoms with Gasteiger partial charge in [-0.2, -0.15) is 4.37 Å². The Kier molecular flexibility index (Phi) is 1.24. The normalized spacial score (nSPS) is 20.2. The molecule has 0 unspecified atom stereocenters. The highest BCUT2D eigenvalue weighted by atomic mass is 32.1. The van der Waals surface area contributed by atoms with Crippen LogP contribution in [0.2, 0.25) is 0 Å². The maximum atomic E-state index is 7.53. The van der Waals surface area contributed by atoms with Crippen LogP contribution in [0.4, 0.5) is 0 Å². The van der Waals surface area contributed by atoms with Crippen molar-refractivity contribution in [1.82, 2.24) is 8.94 Å². The minimum absolute atomic E-state index is 0.312. The van der Waals surface area contributed by atoms with Gasteiger partial charge in [-0.15, -0.1) is 0 Å². The maximum absolute atomic E-state index is 7.53. The third-order valence-corrected chi connectivity index (χ3v) is 2.71. The lowest BCUT2D eigenvalue weighted by molar-refractivity contribution is 0.356. The summed E-state index contributed by atoms with van der Waals surface area (Å²) in [6, 6.07) is 0. The molecule has 1 aliphatic rings. The van der Waals surface area contributed by atoms with E-state index in [4.69, 9.17) is 5.41 Å². The van der Waals surface area contributed by atoms with Crippen LogP contribution in [0.3, 0.4) is 0 Å². The number of rotatable bonds is 0. The van der Waals surface area contributed by atoms with Gasteiger partial charge in [0.2, 0.25) is 4.80 Å². The first kappa shape index (κ1) is 7.03. The van der Waals surface area contributed by atoms with Crippen LogP contribution in [0, 0.1) is 10.8 Å². The van der Waals surface area contributed by atoms with E-state index in [0.717, 1.165) is 18.8 Å². The van der Waals surface area contributed by atoms with Gasteiger partial charge in [0.05, 0.1) is 0 Å². The summed E-state index contributed by atoms with van der Waals surface area (Å²) in [5.74, 6) is 1.09. The molecule has 0 saturated carbocycles. The summed E-state index contributed by atoms with van der Waals surface area (Å²) in [5, 5.41) is 7.53. The second-order valence-electron chi connectivity index (χ2n) is 3.83. The Balaban J connectivity index is 2.50. The van der Waals surface area contributed by atoms with Crippen molar-refractivity contribution in [2.24, 2.45) is 5.41 Å². The molecule has 2 heterocycles. The maximum Gasteiger partial charge on any atom is 0.201 e. The largest absolute Gasteiger partial charge is 0.304 e. The van der Waals surface area contributed by atoms with Gasteiger partial charge in [-0.05, 0) is 5.41 Å². The SMILES string of the molecule is CC1(C)Cc2nsc(=N)n2C1. The molecule has 0 atom stereocenters. The molecule has 1 aliphatic heterocycles. The minimum Gasteiger partial charge on any atom is -0.304 e. The van der Waals surface area contributed by atoms with Crippen molar-refractivity contribution in [3.05, 3.63) is 10.6 Å². The van der Waals surface area contributed by atoms with E-state index >= 15 is 0 Å². The zero-order valence-corrected chi connectivity index (χ0v) is 7.53. The Morgan fingerprint density at radius 3 is 3.00 bits per heavy atom. The molecule has 0 radical (unpaired) electrons. The van der Waals surface area contributed by atoms with Gasteiger partial charge in [0.25, 0.3) is 0 Å². The van der Waals surface area contributed by atoms with Crippen molar-refractivity contribution in [3.63, 3.8) is 0 Å². The number of nitrogens with zero attached hydrogens (tertiary/aromatic N) is 2. The van der Waals surface area contributed by atoms with Gasteiger partial charge in [-0.3, -0.25) is 5.41 Å². The van der Waals surface area contributed by atoms with Crippen LogP contribution < -0.4 is 4.80 Å². The Labute approximate surface area is 69.4 Å². The van der Waals surface area contributed by atoms with E-state index in [1.807, 2.05) is 4.57 Å². The highest BCUT2D eigenvalue weighted by Crippen LogP contribution is 2.28. The molecule has 0 aliphatic carbocycles. The molecule has 0 amide bonds. The number of hydrogen-bond acceptors (Lipinski definition) is 3. The zero-order chi connectivity index (χ0) is 8.06. The summed E-state index contributed by atoms with van der Waals surface area (Å²) in [6.45, 7) is 5.38. The van der Waals surface area contributed by atoms with Gasteiger partial charge >= 0.3 is 0 Å². The molecular formula is C7H11N3S. The topological polar surface area (TPSA) is 41.7 Å². The second-order valence-corrected chi connectivity index (χ2v) is 4.58. The summed E-state index contributed by atoms with van der Waals surface area (Å²) in [6.07, 6.45) is 1.02. The standard InChI is InChI=1S/C7H11N3S/c1-7(2)3-5-9-11-6(8)10(5)4-7/h8H,3-4H2,1-2H3. The van der Waals surface area contributed by atoms with Crippen LogP contribution in [0.15, 0.2) is 0 Å². The molecule has 3 nitrogen and oxygen atoms in total. The Morgan fingerprint density at radius 2 is 2.36 bits per heavy atom. The van der Waals surface area contributed by atoms with E-state index in [0.29, 0.717) is 10.2 Å². The molecule has 1 aromatic heterocycles. The van der Waals surface area contributed by atoms with Crippen molar-refractivity contribution in [1.29, 1.82) is 5.41 Å². The number of hydrogen-bond donors (Lipinski definition) is 1. The number of aromatic nitrogens is 2. The molecule has 1 N–H and O–H groups in total. The van der Waals surface area contributed by atoms with Crippen LogP contribution in [0.1, 0.15) is 19.7 Å². The van der Waals surface area contributed by atoms with Crippen molar-refractivity contribution < 1.29 is 0 Å². The van der Waals surface area contributed by atoms with E-state index in [1.54, 1.807) is 0 Å². The van der Waals surface area contributed by atoms with E-state index in [2.05, 4.69) is 18.2 Å². The average molecular weight is 169 g/mol. The lowest BCUT2D eigenvalue weighted by Crippen LogP contribution is -2.17. The van der Waals surface area contributed by atoms with Gasteiger partial charge in [0.1, 0.15) is 5.82 Å². The van der Waals surface area contributed by atoms with E-state index < -0.39 is 0 Å². The van der Waals surface area contributed by atoms with Gasteiger partial charge in [-0.25, -0.2) is 0 Å². The van der Waals surface area contributed by atoms with Crippen LogP contribution in [0.5, 0.6) is 0 Å². The van der Waals surface area contributed by atoms with Gasteiger partial charge in [-0.1, -0.05) is 13.8 Å². The predicted octanol–water partition coefficient (Wildman–Crippen LogP) is 1.01. The summed E-state index contributed by atoms with van der Waals surface area (Å²) in [5.41, 5.74) is 0.312. The minimum atomic E-state index is 0.312. The number of nitrogens with one attached hydrogen (secondary N) is 1. The van der Waals surface area contributed by atoms with E-state index in [-0.39, 0.29) is 0 Å². The molecular weight excluding hydrogens is 158 g/mol. The first-order valence-corrected chi connectivity index (χ1v) is 4.46. The fraction of sp³-hybridized carbons (Fsp3) is 0.714. The van der Waals surface area contributed by atoms with Crippen LogP contribution in [-0.4, -0.2) is 8.94 Å². The smallest absolute Gasteiger partial charge is 0.201 e. The number of fused-ring (bicyclic) bond motifs is 1. The van der Waals surface area contributed by atoms with Gasteiger partial charge in [0, 0.05) is 24.5 Å². The van der Waals surface area contributed by atoms with Crippen molar-refractivity contribution >= 4 is 11.5 Å². The third kappa shape index (κ3) is 1.01. The molecule has 1 aromatic rings. The van der Waals surface area contributed by atoms with Crippen LogP contribution >= 0.6 is 11.5 Å². The van der Waals surface area contributed by atoms with Crippen molar-refractivity contribution in [3.8, 4) is 0 Å². The van der Waals surface area contributed by atoms with Crippen LogP contribution in [-0.2, 0) is 13.0 Å². The molecule has 11 heavy (non-hydrogen) atoms. The zero-order valence-electron chi connectivity index (χ0n) is 6.72. The molecule has 0 bridgehead atoms. The molecule has 0 spiro atoms. The first-order valence-electron chi connectivity index (χ1n) is 3.68. The van der Waals surface area contributed by atoms with E-state index in [9.17, 15) is 0 Å². The Bertz CT molecular complexity index is 334. The molecule has 0 saturated heterocycles. The molecule has 2 rings (SSSR count). The van der Waals surface area contributed by atoms with Crippen molar-refractivity contribution in [2.75, 3.05) is 0 Å². The molecule has 0 aromatic carbocycles. The quantitative estimate of drug-likeness (QED) is 0.618. The van der Waals surface area contributed by atoms with Crippen LogP contribution in [0.25, 0.3) is 0 Å². The van der Waals surface area contributed by atoms with Gasteiger partial charge in [0.15, 0.2) is 0 Å². The molecule has 4 heteroatoms. The highest BCUT2D eigenvalue weighted by molar-refractivity contribution is 7.02. The lowest BCUT2D eigenvalue weighted by atomic mass is 9.92.